The van der Waals surface area contributed by atoms with Crippen molar-refractivity contribution in [1.29, 1.82) is 0 Å². The highest BCUT2D eigenvalue weighted by atomic mass is 16.5. The fourth-order valence-corrected chi connectivity index (χ4v) is 1.93. The van der Waals surface area contributed by atoms with E-state index in [0.29, 0.717) is 5.82 Å². The highest BCUT2D eigenvalue weighted by Gasteiger charge is 2.16. The van der Waals surface area contributed by atoms with E-state index in [9.17, 15) is 0 Å². The first kappa shape index (κ1) is 14.3. The number of rotatable bonds is 5. The maximum atomic E-state index is 5.71. The van der Waals surface area contributed by atoms with Crippen molar-refractivity contribution in [2.75, 3.05) is 39.3 Å². The van der Waals surface area contributed by atoms with Gasteiger partial charge in [0.15, 0.2) is 0 Å². The minimum atomic E-state index is -0.0179. The quantitative estimate of drug-likeness (QED) is 0.735. The van der Waals surface area contributed by atoms with E-state index in [1.807, 2.05) is 0 Å². The molecular formula is C13H27N3O. The third kappa shape index (κ3) is 5.94. The number of piperazine rings is 1. The third-order valence-electron chi connectivity index (χ3n) is 2.93. The zero-order valence-electron chi connectivity index (χ0n) is 11.5. The number of ether oxygens (including phenoxy) is 1. The van der Waals surface area contributed by atoms with E-state index in [0.717, 1.165) is 45.8 Å². The topological polar surface area (TPSA) is 41.7 Å². The fraction of sp³-hybridized carbons (Fsp3) is 0.846. The van der Waals surface area contributed by atoms with Crippen LogP contribution in [0.1, 0.15) is 27.2 Å². The molecule has 0 bridgehead atoms. The SMILES string of the molecule is C=C(N)N1CCN(CCCOC(C)(C)C)CC1. The van der Waals surface area contributed by atoms with Gasteiger partial charge in [-0.3, -0.25) is 4.90 Å². The van der Waals surface area contributed by atoms with Crippen LogP contribution in [0.2, 0.25) is 0 Å². The van der Waals surface area contributed by atoms with Crippen LogP contribution in [0.25, 0.3) is 0 Å². The van der Waals surface area contributed by atoms with E-state index in [2.05, 4.69) is 37.1 Å². The summed E-state index contributed by atoms with van der Waals surface area (Å²) in [7, 11) is 0. The van der Waals surface area contributed by atoms with Gasteiger partial charge in [-0.2, -0.15) is 0 Å². The molecule has 0 amide bonds. The van der Waals surface area contributed by atoms with Gasteiger partial charge in [-0.25, -0.2) is 0 Å². The van der Waals surface area contributed by atoms with Crippen LogP contribution in [0.3, 0.4) is 0 Å². The highest BCUT2D eigenvalue weighted by Crippen LogP contribution is 2.08. The van der Waals surface area contributed by atoms with Crippen LogP contribution in [0.15, 0.2) is 12.4 Å². The monoisotopic (exact) mass is 241 g/mol. The van der Waals surface area contributed by atoms with E-state index >= 15 is 0 Å². The molecule has 0 aromatic rings. The minimum absolute atomic E-state index is 0.0179. The van der Waals surface area contributed by atoms with Crippen LogP contribution in [-0.2, 0) is 4.74 Å². The lowest BCUT2D eigenvalue weighted by Crippen LogP contribution is -2.47. The standard InChI is InChI=1S/C13H27N3O/c1-12(14)16-9-7-15(8-10-16)6-5-11-17-13(2,3)4/h1,5-11,14H2,2-4H3. The van der Waals surface area contributed by atoms with Crippen LogP contribution < -0.4 is 5.73 Å². The summed E-state index contributed by atoms with van der Waals surface area (Å²) < 4.78 is 5.71. The lowest BCUT2D eigenvalue weighted by Gasteiger charge is -2.35. The Balaban J connectivity index is 2.09. The molecule has 4 heteroatoms. The van der Waals surface area contributed by atoms with Crippen LogP contribution >= 0.6 is 0 Å². The molecule has 1 aliphatic rings. The second kappa shape index (κ2) is 6.26. The predicted octanol–water partition coefficient (Wildman–Crippen LogP) is 1.24. The molecule has 1 aliphatic heterocycles. The molecule has 1 saturated heterocycles. The summed E-state index contributed by atoms with van der Waals surface area (Å²) >= 11 is 0. The van der Waals surface area contributed by atoms with E-state index in [-0.39, 0.29) is 5.60 Å². The Hall–Kier alpha value is -0.740. The first-order valence-electron chi connectivity index (χ1n) is 6.44. The molecule has 0 radical (unpaired) electrons. The first-order valence-corrected chi connectivity index (χ1v) is 6.44. The Labute approximate surface area is 105 Å². The minimum Gasteiger partial charge on any atom is -0.386 e. The molecule has 2 N–H and O–H groups in total. The lowest BCUT2D eigenvalue weighted by atomic mass is 10.2. The summed E-state index contributed by atoms with van der Waals surface area (Å²) in [5.74, 6) is 0.695. The highest BCUT2D eigenvalue weighted by molar-refractivity contribution is 4.89. The molecule has 1 heterocycles. The maximum Gasteiger partial charge on any atom is 0.0913 e. The number of nitrogens with zero attached hydrogens (tertiary/aromatic N) is 2. The van der Waals surface area contributed by atoms with Crippen molar-refractivity contribution in [2.24, 2.45) is 5.73 Å². The van der Waals surface area contributed by atoms with Crippen LogP contribution in [0, 0.1) is 0 Å². The summed E-state index contributed by atoms with van der Waals surface area (Å²) in [5, 5.41) is 0. The summed E-state index contributed by atoms with van der Waals surface area (Å²) in [5.41, 5.74) is 5.66. The largest absolute Gasteiger partial charge is 0.386 e. The van der Waals surface area contributed by atoms with Crippen molar-refractivity contribution < 1.29 is 4.74 Å². The summed E-state index contributed by atoms with van der Waals surface area (Å²) in [6.07, 6.45) is 1.10. The second-order valence-electron chi connectivity index (χ2n) is 5.63. The van der Waals surface area contributed by atoms with Gasteiger partial charge >= 0.3 is 0 Å². The zero-order chi connectivity index (χ0) is 12.9. The second-order valence-corrected chi connectivity index (χ2v) is 5.63. The lowest BCUT2D eigenvalue weighted by molar-refractivity contribution is -0.00802. The van der Waals surface area contributed by atoms with E-state index in [4.69, 9.17) is 10.5 Å². The molecule has 0 aromatic carbocycles. The molecule has 1 rings (SSSR count). The van der Waals surface area contributed by atoms with Crippen molar-refractivity contribution in [2.45, 2.75) is 32.8 Å². The molecule has 4 nitrogen and oxygen atoms in total. The van der Waals surface area contributed by atoms with Gasteiger partial charge in [0.05, 0.1) is 11.4 Å². The molecule has 0 saturated carbocycles. The van der Waals surface area contributed by atoms with E-state index in [1.165, 1.54) is 0 Å². The summed E-state index contributed by atoms with van der Waals surface area (Å²) in [6, 6.07) is 0. The average molecular weight is 241 g/mol. The van der Waals surface area contributed by atoms with Gasteiger partial charge in [-0.05, 0) is 27.2 Å². The predicted molar refractivity (Wildman–Crippen MR) is 71.7 cm³/mol. The number of nitrogens with two attached hydrogens (primary N) is 1. The van der Waals surface area contributed by atoms with E-state index in [1.54, 1.807) is 0 Å². The Bertz CT molecular complexity index is 240. The van der Waals surface area contributed by atoms with Gasteiger partial charge in [0.25, 0.3) is 0 Å². The molecule has 0 atom stereocenters. The molecule has 0 spiro atoms. The third-order valence-corrected chi connectivity index (χ3v) is 2.93. The molecule has 0 aliphatic carbocycles. The first-order chi connectivity index (χ1) is 7.88. The molecular weight excluding hydrogens is 214 g/mol. The molecule has 0 unspecified atom stereocenters. The van der Waals surface area contributed by atoms with Crippen molar-refractivity contribution in [1.82, 2.24) is 9.80 Å². The van der Waals surface area contributed by atoms with Crippen LogP contribution in [-0.4, -0.2) is 54.7 Å². The fourth-order valence-electron chi connectivity index (χ4n) is 1.93. The van der Waals surface area contributed by atoms with Gasteiger partial charge in [-0.15, -0.1) is 0 Å². The van der Waals surface area contributed by atoms with Gasteiger partial charge in [-0.1, -0.05) is 6.58 Å². The van der Waals surface area contributed by atoms with E-state index < -0.39 is 0 Å². The normalized spacial score (nSPS) is 18.4. The van der Waals surface area contributed by atoms with Crippen molar-refractivity contribution in [3.05, 3.63) is 12.4 Å². The Kier molecular flexibility index (Phi) is 5.28. The Morgan fingerprint density at radius 3 is 2.29 bits per heavy atom. The van der Waals surface area contributed by atoms with Crippen molar-refractivity contribution >= 4 is 0 Å². The van der Waals surface area contributed by atoms with Gasteiger partial charge in [0.2, 0.25) is 0 Å². The molecule has 0 aromatic heterocycles. The zero-order valence-corrected chi connectivity index (χ0v) is 11.5. The maximum absolute atomic E-state index is 5.71. The summed E-state index contributed by atoms with van der Waals surface area (Å²) in [4.78, 5) is 4.60. The molecule has 17 heavy (non-hydrogen) atoms. The average Bonchev–Trinajstić information content (AvgIpc) is 2.24. The Morgan fingerprint density at radius 2 is 1.82 bits per heavy atom. The Morgan fingerprint density at radius 1 is 1.24 bits per heavy atom. The van der Waals surface area contributed by atoms with Crippen LogP contribution in [0.5, 0.6) is 0 Å². The number of hydrogen-bond donors (Lipinski definition) is 1. The van der Waals surface area contributed by atoms with Crippen molar-refractivity contribution in [3.63, 3.8) is 0 Å². The van der Waals surface area contributed by atoms with Gasteiger partial charge in [0.1, 0.15) is 0 Å². The molecule has 100 valence electrons. The van der Waals surface area contributed by atoms with Gasteiger partial charge < -0.3 is 15.4 Å². The van der Waals surface area contributed by atoms with Crippen LogP contribution in [0.4, 0.5) is 0 Å². The van der Waals surface area contributed by atoms with Crippen molar-refractivity contribution in [3.8, 4) is 0 Å². The molecule has 1 fully saturated rings. The number of hydrogen-bond acceptors (Lipinski definition) is 4. The van der Waals surface area contributed by atoms with Gasteiger partial charge in [0, 0.05) is 39.3 Å². The summed E-state index contributed by atoms with van der Waals surface area (Å²) in [6.45, 7) is 16.2. The smallest absolute Gasteiger partial charge is 0.0913 e.